The minimum atomic E-state index is -2.23. The van der Waals surface area contributed by atoms with Crippen LogP contribution in [0.2, 0.25) is 0 Å². The van der Waals surface area contributed by atoms with E-state index in [1.54, 1.807) is 24.3 Å². The summed E-state index contributed by atoms with van der Waals surface area (Å²) in [6.07, 6.45) is -69.0. The SMILES string of the molecule is COc1ccc(OCCc2cn(C[C@H]3O[C@@H]4O[C@H]5[C@H](O)[C@@H](O)[C@@H](O[C@H]6[C@H](O)[C@@H](O)[C@@H](O[C@H]7[C@H](O)[C@@H](O)[C@@H](O[C@H]8[C@H](O)[C@@H](O)[C@@H](O[C@H]9[C@H](O)[C@@H](O)[C@@H](O[C@H]%10[C@H](O)[C@@H](O)[C@@H](O[C@H]3[C@H](O)[C@H]4O)O[C@@H]%10CO)O[C@@H]9CO)O[C@@H]8CO)O[C@@H]7CO)O[C@@H]6CO)O[C@@H]5CO)nn2)cc1. The first-order valence-electron chi connectivity index (χ1n) is 29.6. The number of aliphatic hydroxyl groups is 20. The molecule has 1 aromatic heterocycles. The average Bonchev–Trinajstić information content (AvgIpc) is 0.809. The molecule has 0 amide bonds. The molecule has 20 N–H and O–H groups in total. The number of aromatic nitrogens is 3. The number of ether oxygens (including phenoxy) is 16. The van der Waals surface area contributed by atoms with Crippen molar-refractivity contribution >= 4 is 0 Å². The predicted octanol–water partition coefficient (Wildman–Crippen LogP) is -13.3. The van der Waals surface area contributed by atoms with Crippen molar-refractivity contribution in [3.05, 3.63) is 36.2 Å². The molecule has 14 bridgehead atoms. The van der Waals surface area contributed by atoms with E-state index in [2.05, 4.69) is 10.3 Å². The van der Waals surface area contributed by atoms with Gasteiger partial charge in [0.05, 0.1) is 65.6 Å². The number of rotatable bonds is 13. The Labute approximate surface area is 520 Å². The normalized spacial score (nSPS) is 48.2. The molecule has 22 heterocycles. The molecule has 0 spiro atoms. The maximum absolute atomic E-state index is 12.0. The summed E-state index contributed by atoms with van der Waals surface area (Å²) in [4.78, 5) is 0. The van der Waals surface area contributed by atoms with Gasteiger partial charge in [-0.25, -0.2) is 4.68 Å². The molecule has 2 aromatic rings. The lowest BCUT2D eigenvalue weighted by Crippen LogP contribution is -2.68. The first-order chi connectivity index (χ1) is 44.1. The largest absolute Gasteiger partial charge is 0.497 e. The van der Waals surface area contributed by atoms with Gasteiger partial charge in [-0.05, 0) is 24.3 Å². The highest BCUT2D eigenvalue weighted by molar-refractivity contribution is 5.31. The van der Waals surface area contributed by atoms with Gasteiger partial charge in [-0.2, -0.15) is 0 Å². The van der Waals surface area contributed by atoms with Gasteiger partial charge < -0.3 is 178 Å². The van der Waals surface area contributed by atoms with Crippen molar-refractivity contribution < 1.29 is 178 Å². The van der Waals surface area contributed by atoms with Crippen molar-refractivity contribution in [3.8, 4) is 11.5 Å². The van der Waals surface area contributed by atoms with Crippen molar-refractivity contribution in [2.24, 2.45) is 0 Å². The maximum atomic E-state index is 12.0. The molecule has 0 aliphatic carbocycles. The second-order valence-corrected chi connectivity index (χ2v) is 23.2. The Morgan fingerprint density at radius 1 is 0.337 bits per heavy atom. The Hall–Kier alpha value is -3.40. The molecule has 39 nitrogen and oxygen atoms in total. The summed E-state index contributed by atoms with van der Waals surface area (Å²) in [6, 6.07) is 6.75. The van der Waals surface area contributed by atoms with Crippen LogP contribution < -0.4 is 9.47 Å². The molecule has 0 radical (unpaired) electrons. The van der Waals surface area contributed by atoms with Gasteiger partial charge in [0.2, 0.25) is 0 Å². The highest BCUT2D eigenvalue weighted by atomic mass is 16.8. The van der Waals surface area contributed by atoms with E-state index < -0.39 is 261 Å². The fraction of sp³-hybridized carbons (Fsp3) is 0.849. The van der Waals surface area contributed by atoms with Crippen LogP contribution in [0.15, 0.2) is 30.5 Å². The smallest absolute Gasteiger partial charge is 0.187 e. The minimum absolute atomic E-state index is 0.109. The molecule has 35 atom stereocenters. The van der Waals surface area contributed by atoms with E-state index in [-0.39, 0.29) is 13.0 Å². The lowest BCUT2D eigenvalue weighted by Gasteiger charge is -2.50. The van der Waals surface area contributed by atoms with Crippen LogP contribution in [-0.2, 0) is 79.3 Å². The molecular formula is C53H81N3O36. The summed E-state index contributed by atoms with van der Waals surface area (Å²) in [7, 11) is 1.51. The van der Waals surface area contributed by atoms with E-state index in [0.717, 1.165) is 0 Å². The second-order valence-electron chi connectivity index (χ2n) is 23.2. The fourth-order valence-corrected chi connectivity index (χ4v) is 12.1. The highest BCUT2D eigenvalue weighted by Gasteiger charge is 2.60. The summed E-state index contributed by atoms with van der Waals surface area (Å²) >= 11 is 0. The molecule has 524 valence electrons. The van der Waals surface area contributed by atoms with Gasteiger partial charge >= 0.3 is 0 Å². The number of hydrogen-bond acceptors (Lipinski definition) is 38. The molecule has 0 unspecified atom stereocenters. The first kappa shape index (κ1) is 71.4. The van der Waals surface area contributed by atoms with Crippen molar-refractivity contribution in [2.45, 2.75) is 228 Å². The Morgan fingerprint density at radius 3 is 0.826 bits per heavy atom. The Balaban J connectivity index is 0.936. The molecule has 0 saturated carbocycles. The Bertz CT molecular complexity index is 2580. The maximum Gasteiger partial charge on any atom is 0.187 e. The monoisotopic (exact) mass is 1340 g/mol. The molecule has 92 heavy (non-hydrogen) atoms. The minimum Gasteiger partial charge on any atom is -0.497 e. The standard InChI is InChI=1S/C53H81N3O36/c1-77-17-2-4-18(5-3-17)78-7-6-16-8-56(55-54-16)9-19-40-26(63)33(70)47(79-19)87-41-20(10-57)81-49(35(72)28(41)65)89-43-22(12-59)83-51(37(74)30(43)67)91-45-24(14-61)85-53(39(76)32(45)69)92-46-25(15-62)84-52(38(75)31(46)68)90-44-23(13-60)82-50(36(73)29(44)66)88-42-21(11-58)80-48(86-40)34(71)27(42)64/h2-5,8,19-53,57-76H,6-7,9-15H2,1H3/t19-,20-,21-,22-,23-,24-,25-,26-,27-,28-,29-,30-,31-,32-,33-,34-,35-,36-,37-,38-,39-,40-,41-,42-,43-,44-,45-,46-,47-,48-,49-,50-,51-,52-,53-/m1/s1. The lowest BCUT2D eigenvalue weighted by atomic mass is 9.95. The fourth-order valence-electron chi connectivity index (χ4n) is 12.1. The second kappa shape index (κ2) is 31.0. The zero-order chi connectivity index (χ0) is 66.1. The van der Waals surface area contributed by atoms with E-state index >= 15 is 0 Å². The summed E-state index contributed by atoms with van der Waals surface area (Å²) < 4.78 is 94.0. The van der Waals surface area contributed by atoms with Gasteiger partial charge in [-0.1, -0.05) is 5.21 Å². The number of aliphatic hydroxyl groups excluding tert-OH is 20. The van der Waals surface area contributed by atoms with Crippen molar-refractivity contribution in [1.29, 1.82) is 0 Å². The van der Waals surface area contributed by atoms with Crippen LogP contribution >= 0.6 is 0 Å². The molecule has 21 fully saturated rings. The lowest BCUT2D eigenvalue weighted by molar-refractivity contribution is -0.396. The topological polar surface area (TPSA) is 583 Å². The van der Waals surface area contributed by atoms with Gasteiger partial charge in [-0.15, -0.1) is 5.10 Å². The average molecular weight is 1340 g/mol. The third-order valence-electron chi connectivity index (χ3n) is 17.2. The number of benzene rings is 1. The predicted molar refractivity (Wildman–Crippen MR) is 284 cm³/mol. The first-order valence-corrected chi connectivity index (χ1v) is 29.6. The van der Waals surface area contributed by atoms with Gasteiger partial charge in [0, 0.05) is 12.6 Å². The Morgan fingerprint density at radius 2 is 0.576 bits per heavy atom. The molecule has 21 aliphatic heterocycles. The number of hydrogen-bond donors (Lipinski definition) is 20. The van der Waals surface area contributed by atoms with Crippen LogP contribution in [0.1, 0.15) is 5.69 Å². The zero-order valence-electron chi connectivity index (χ0n) is 48.8. The summed E-state index contributed by atoms with van der Waals surface area (Å²) in [6.45, 7) is -6.68. The highest BCUT2D eigenvalue weighted by Crippen LogP contribution is 2.39. The zero-order valence-corrected chi connectivity index (χ0v) is 48.8. The molecule has 39 heteroatoms. The summed E-state index contributed by atoms with van der Waals surface area (Å²) in [5.74, 6) is 1.11. The van der Waals surface area contributed by atoms with E-state index in [1.165, 1.54) is 18.0 Å². The van der Waals surface area contributed by atoms with E-state index in [4.69, 9.17) is 75.8 Å². The van der Waals surface area contributed by atoms with Gasteiger partial charge in [-0.3, -0.25) is 0 Å². The molecule has 1 aromatic carbocycles. The van der Waals surface area contributed by atoms with Crippen LogP contribution in [0.5, 0.6) is 11.5 Å². The van der Waals surface area contributed by atoms with E-state index in [9.17, 15) is 102 Å². The van der Waals surface area contributed by atoms with Crippen LogP contribution in [0.4, 0.5) is 0 Å². The molecular weight excluding hydrogens is 1250 g/mol. The quantitative estimate of drug-likeness (QED) is 0.0885. The van der Waals surface area contributed by atoms with Crippen molar-refractivity contribution in [1.82, 2.24) is 15.0 Å². The summed E-state index contributed by atoms with van der Waals surface area (Å²) in [5.41, 5.74) is 0.365. The van der Waals surface area contributed by atoms with Crippen LogP contribution in [0.3, 0.4) is 0 Å². The third-order valence-corrected chi connectivity index (χ3v) is 17.2. The van der Waals surface area contributed by atoms with E-state index in [0.29, 0.717) is 17.2 Å². The molecule has 23 rings (SSSR count). The molecule has 21 saturated heterocycles. The van der Waals surface area contributed by atoms with Crippen LogP contribution in [0.25, 0.3) is 0 Å². The Kier molecular flexibility index (Phi) is 24.0. The van der Waals surface area contributed by atoms with Crippen molar-refractivity contribution in [2.75, 3.05) is 53.4 Å². The van der Waals surface area contributed by atoms with Gasteiger partial charge in [0.1, 0.15) is 182 Å². The third kappa shape index (κ3) is 14.7. The van der Waals surface area contributed by atoms with Crippen molar-refractivity contribution in [3.63, 3.8) is 0 Å². The van der Waals surface area contributed by atoms with Crippen LogP contribution in [-0.4, -0.2) is 385 Å². The number of nitrogens with zero attached hydrogens (tertiary/aromatic N) is 3. The van der Waals surface area contributed by atoms with Gasteiger partial charge in [0.15, 0.2) is 44.0 Å². The van der Waals surface area contributed by atoms with Crippen LogP contribution in [0, 0.1) is 0 Å². The summed E-state index contributed by atoms with van der Waals surface area (Å²) in [5, 5.41) is 233. The van der Waals surface area contributed by atoms with Gasteiger partial charge in [0.25, 0.3) is 0 Å². The van der Waals surface area contributed by atoms with E-state index in [1.807, 2.05) is 0 Å². The molecule has 21 aliphatic rings. The number of methoxy groups -OCH3 is 1.